The predicted octanol–water partition coefficient (Wildman–Crippen LogP) is 3.42. The van der Waals surface area contributed by atoms with Gasteiger partial charge in [0.2, 0.25) is 5.91 Å². The molecule has 30 heavy (non-hydrogen) atoms. The number of fused-ring (bicyclic) bond motifs is 1. The van der Waals surface area contributed by atoms with Gasteiger partial charge in [-0.25, -0.2) is 9.97 Å². The standard InChI is InChI=1S/C23H30N6O/c1-14(18-12-25-22-21(18)28-20(13-26-22)17-4-5-17)27-19(10-15-2-3-15)23(30)29-8-6-16(11-24)7-9-29/h12-17,19,27H,2-10H2,1H3,(H,25,26). The van der Waals surface area contributed by atoms with Gasteiger partial charge in [-0.1, -0.05) is 12.8 Å². The monoisotopic (exact) mass is 406 g/mol. The summed E-state index contributed by atoms with van der Waals surface area (Å²) in [5.74, 6) is 1.50. The Hall–Kier alpha value is -2.46. The quantitative estimate of drug-likeness (QED) is 0.734. The first kappa shape index (κ1) is 19.5. The second-order valence-electron chi connectivity index (χ2n) is 9.36. The molecule has 0 radical (unpaired) electrons. The molecule has 2 unspecified atom stereocenters. The lowest BCUT2D eigenvalue weighted by molar-refractivity contribution is -0.135. The van der Waals surface area contributed by atoms with Crippen molar-refractivity contribution >= 4 is 17.1 Å². The van der Waals surface area contributed by atoms with Crippen molar-refractivity contribution in [1.82, 2.24) is 25.2 Å². The number of hydrogen-bond donors (Lipinski definition) is 2. The van der Waals surface area contributed by atoms with Crippen LogP contribution in [-0.2, 0) is 4.79 Å². The summed E-state index contributed by atoms with van der Waals surface area (Å²) in [7, 11) is 0. The Morgan fingerprint density at radius 1 is 1.30 bits per heavy atom. The van der Waals surface area contributed by atoms with Crippen LogP contribution in [-0.4, -0.2) is 44.9 Å². The van der Waals surface area contributed by atoms with Crippen molar-refractivity contribution in [2.24, 2.45) is 11.8 Å². The largest absolute Gasteiger partial charge is 0.344 e. The molecule has 1 amide bonds. The zero-order valence-corrected chi connectivity index (χ0v) is 17.6. The van der Waals surface area contributed by atoms with Crippen molar-refractivity contribution in [3.8, 4) is 6.07 Å². The number of nitriles is 1. The predicted molar refractivity (Wildman–Crippen MR) is 113 cm³/mol. The highest BCUT2D eigenvalue weighted by Gasteiger charge is 2.34. The molecule has 2 saturated carbocycles. The van der Waals surface area contributed by atoms with Crippen LogP contribution < -0.4 is 5.32 Å². The second kappa shape index (κ2) is 7.99. The molecule has 0 aromatic carbocycles. The van der Waals surface area contributed by atoms with Crippen LogP contribution in [0.2, 0.25) is 0 Å². The third-order valence-electron chi connectivity index (χ3n) is 6.90. The molecule has 5 rings (SSSR count). The topological polar surface area (TPSA) is 97.7 Å². The molecule has 2 atom stereocenters. The molecule has 3 fully saturated rings. The fourth-order valence-corrected chi connectivity index (χ4v) is 4.60. The van der Waals surface area contributed by atoms with Crippen LogP contribution in [0.1, 0.15) is 75.1 Å². The van der Waals surface area contributed by atoms with Crippen LogP contribution >= 0.6 is 0 Å². The molecular formula is C23H30N6O. The van der Waals surface area contributed by atoms with E-state index in [1.54, 1.807) is 0 Å². The smallest absolute Gasteiger partial charge is 0.239 e. The van der Waals surface area contributed by atoms with Crippen LogP contribution in [0.5, 0.6) is 0 Å². The maximum Gasteiger partial charge on any atom is 0.239 e. The summed E-state index contributed by atoms with van der Waals surface area (Å²) in [6.45, 7) is 3.50. The van der Waals surface area contributed by atoms with Crippen LogP contribution in [0.15, 0.2) is 12.4 Å². The molecule has 2 N–H and O–H groups in total. The zero-order valence-electron chi connectivity index (χ0n) is 17.6. The molecule has 7 nitrogen and oxygen atoms in total. The van der Waals surface area contributed by atoms with Crippen LogP contribution in [0.4, 0.5) is 0 Å². The summed E-state index contributed by atoms with van der Waals surface area (Å²) < 4.78 is 0. The highest BCUT2D eigenvalue weighted by atomic mass is 16.2. The van der Waals surface area contributed by atoms with Crippen molar-refractivity contribution < 1.29 is 4.79 Å². The molecule has 0 spiro atoms. The highest BCUT2D eigenvalue weighted by molar-refractivity contribution is 5.82. The summed E-state index contributed by atoms with van der Waals surface area (Å²) in [5.41, 5.74) is 3.90. The maximum atomic E-state index is 13.3. The number of carbonyl (C=O) groups is 1. The SMILES string of the molecule is CC(NC(CC1CC1)C(=O)N1CCC(C#N)CC1)c1c[nH]c2ncc(C3CC3)nc12. The number of carbonyl (C=O) groups excluding carboxylic acids is 1. The number of nitrogens with zero attached hydrogens (tertiary/aromatic N) is 4. The molecular weight excluding hydrogens is 376 g/mol. The van der Waals surface area contributed by atoms with E-state index in [1.165, 1.54) is 25.7 Å². The third kappa shape index (κ3) is 4.06. The number of aromatic amines is 1. The second-order valence-corrected chi connectivity index (χ2v) is 9.36. The van der Waals surface area contributed by atoms with Gasteiger partial charge in [0.1, 0.15) is 5.52 Å². The number of rotatable bonds is 7. The van der Waals surface area contributed by atoms with Gasteiger partial charge in [0.05, 0.1) is 24.0 Å². The first-order valence-corrected chi connectivity index (χ1v) is 11.4. The molecule has 2 aromatic rings. The third-order valence-corrected chi connectivity index (χ3v) is 6.90. The van der Waals surface area contributed by atoms with Gasteiger partial charge in [-0.2, -0.15) is 5.26 Å². The lowest BCUT2D eigenvalue weighted by atomic mass is 9.97. The number of piperidine rings is 1. The number of amides is 1. The van der Waals surface area contributed by atoms with Crippen molar-refractivity contribution in [2.45, 2.75) is 69.9 Å². The summed E-state index contributed by atoms with van der Waals surface area (Å²) in [6, 6.07) is 2.17. The summed E-state index contributed by atoms with van der Waals surface area (Å²) >= 11 is 0. The Bertz CT molecular complexity index is 962. The van der Waals surface area contributed by atoms with Crippen molar-refractivity contribution in [3.05, 3.63) is 23.7 Å². The van der Waals surface area contributed by atoms with Gasteiger partial charge in [-0.15, -0.1) is 0 Å². The fraction of sp³-hybridized carbons (Fsp3) is 0.652. The van der Waals surface area contributed by atoms with Gasteiger partial charge in [0, 0.05) is 42.7 Å². The zero-order chi connectivity index (χ0) is 20.7. The molecule has 1 aliphatic heterocycles. The number of hydrogen-bond acceptors (Lipinski definition) is 5. The molecule has 2 aliphatic carbocycles. The van der Waals surface area contributed by atoms with E-state index >= 15 is 0 Å². The van der Waals surface area contributed by atoms with Gasteiger partial charge in [-0.3, -0.25) is 10.1 Å². The minimum atomic E-state index is -0.185. The first-order chi connectivity index (χ1) is 14.6. The number of H-pyrrole nitrogens is 1. The molecule has 1 saturated heterocycles. The highest BCUT2D eigenvalue weighted by Crippen LogP contribution is 2.39. The van der Waals surface area contributed by atoms with Gasteiger partial charge in [0.15, 0.2) is 5.65 Å². The lowest BCUT2D eigenvalue weighted by Crippen LogP contribution is -2.49. The van der Waals surface area contributed by atoms with Crippen molar-refractivity contribution in [2.75, 3.05) is 13.1 Å². The van der Waals surface area contributed by atoms with E-state index in [2.05, 4.69) is 28.3 Å². The number of nitrogens with one attached hydrogen (secondary N) is 2. The van der Waals surface area contributed by atoms with E-state index in [-0.39, 0.29) is 23.9 Å². The Balaban J connectivity index is 1.32. The molecule has 3 aliphatic rings. The number of likely N-dealkylation sites (tertiary alicyclic amines) is 1. The van der Waals surface area contributed by atoms with Crippen LogP contribution in [0.3, 0.4) is 0 Å². The van der Waals surface area contributed by atoms with E-state index in [0.29, 0.717) is 24.9 Å². The lowest BCUT2D eigenvalue weighted by Gasteiger charge is -2.33. The van der Waals surface area contributed by atoms with Gasteiger partial charge < -0.3 is 9.88 Å². The summed E-state index contributed by atoms with van der Waals surface area (Å²) in [6.07, 6.45) is 11.2. The van der Waals surface area contributed by atoms with E-state index in [0.717, 1.165) is 41.7 Å². The average Bonchev–Trinajstić information content (AvgIpc) is 3.71. The van der Waals surface area contributed by atoms with E-state index in [1.807, 2.05) is 17.3 Å². The van der Waals surface area contributed by atoms with Crippen molar-refractivity contribution in [3.63, 3.8) is 0 Å². The van der Waals surface area contributed by atoms with E-state index < -0.39 is 0 Å². The van der Waals surface area contributed by atoms with Gasteiger partial charge in [-0.05, 0) is 44.9 Å². The fourth-order valence-electron chi connectivity index (χ4n) is 4.60. The summed E-state index contributed by atoms with van der Waals surface area (Å²) in [4.78, 5) is 28.0. The van der Waals surface area contributed by atoms with E-state index in [4.69, 9.17) is 10.2 Å². The molecule has 2 aromatic heterocycles. The van der Waals surface area contributed by atoms with Crippen LogP contribution in [0, 0.1) is 23.2 Å². The normalized spacial score (nSPS) is 22.1. The minimum Gasteiger partial charge on any atom is -0.344 e. The Kier molecular flexibility index (Phi) is 5.20. The molecule has 7 heteroatoms. The summed E-state index contributed by atoms with van der Waals surface area (Å²) in [5, 5.41) is 12.8. The Labute approximate surface area is 177 Å². The number of aromatic nitrogens is 3. The molecule has 3 heterocycles. The first-order valence-electron chi connectivity index (χ1n) is 11.4. The van der Waals surface area contributed by atoms with E-state index in [9.17, 15) is 4.79 Å². The molecule has 0 bridgehead atoms. The van der Waals surface area contributed by atoms with Crippen LogP contribution in [0.25, 0.3) is 11.2 Å². The molecule has 158 valence electrons. The van der Waals surface area contributed by atoms with Crippen molar-refractivity contribution in [1.29, 1.82) is 5.26 Å². The van der Waals surface area contributed by atoms with Gasteiger partial charge >= 0.3 is 0 Å². The average molecular weight is 407 g/mol. The Morgan fingerprint density at radius 2 is 2.07 bits per heavy atom. The minimum absolute atomic E-state index is 0.00634. The van der Waals surface area contributed by atoms with Gasteiger partial charge in [0.25, 0.3) is 0 Å². The Morgan fingerprint density at radius 3 is 2.73 bits per heavy atom. The maximum absolute atomic E-state index is 13.3.